The van der Waals surface area contributed by atoms with Crippen molar-refractivity contribution in [3.05, 3.63) is 18.3 Å². The number of sulfone groups is 1. The number of pyridine rings is 1. The molecular formula is C19H30N2O4S. The molecule has 1 atom stereocenters. The molecule has 146 valence electrons. The number of hydrogen-bond donors (Lipinski definition) is 0. The first-order valence-electron chi connectivity index (χ1n) is 9.42. The van der Waals surface area contributed by atoms with Crippen LogP contribution in [0.2, 0.25) is 0 Å². The summed E-state index contributed by atoms with van der Waals surface area (Å²) >= 11 is 0. The van der Waals surface area contributed by atoms with Gasteiger partial charge in [0.15, 0.2) is 14.9 Å². The lowest BCUT2D eigenvalue weighted by Crippen LogP contribution is -2.37. The minimum Gasteiger partial charge on any atom is -0.381 e. The second-order valence-electron chi connectivity index (χ2n) is 8.22. The minimum absolute atomic E-state index is 0.144. The molecule has 0 N–H and O–H groups in total. The molecule has 0 bridgehead atoms. The van der Waals surface area contributed by atoms with Crippen molar-refractivity contribution in [1.29, 1.82) is 0 Å². The van der Waals surface area contributed by atoms with Crippen LogP contribution in [0.3, 0.4) is 0 Å². The van der Waals surface area contributed by atoms with Crippen LogP contribution in [-0.2, 0) is 19.3 Å². The van der Waals surface area contributed by atoms with Crippen molar-refractivity contribution in [3.8, 4) is 0 Å². The fourth-order valence-electron chi connectivity index (χ4n) is 3.30. The number of anilines is 1. The molecule has 1 aromatic rings. The van der Waals surface area contributed by atoms with Crippen LogP contribution in [-0.4, -0.2) is 57.2 Å². The maximum absolute atomic E-state index is 12.5. The Balaban J connectivity index is 1.53. The Labute approximate surface area is 156 Å². The molecule has 2 fully saturated rings. The van der Waals surface area contributed by atoms with Gasteiger partial charge in [-0.1, -0.05) is 0 Å². The van der Waals surface area contributed by atoms with Crippen molar-refractivity contribution in [2.45, 2.75) is 55.9 Å². The maximum atomic E-state index is 12.5. The lowest BCUT2D eigenvalue weighted by atomic mass is 10.1. The SMILES string of the molecule is CC(C)(C)S(=O)(=O)c1ccc(N2CCC(OCC3CCOC3)CC2)cn1. The highest BCUT2D eigenvalue weighted by Crippen LogP contribution is 2.26. The first-order valence-corrected chi connectivity index (χ1v) is 10.9. The Kier molecular flexibility index (Phi) is 5.89. The van der Waals surface area contributed by atoms with Gasteiger partial charge in [0.25, 0.3) is 0 Å². The van der Waals surface area contributed by atoms with E-state index in [4.69, 9.17) is 9.47 Å². The zero-order valence-corrected chi connectivity index (χ0v) is 16.8. The van der Waals surface area contributed by atoms with Gasteiger partial charge < -0.3 is 14.4 Å². The van der Waals surface area contributed by atoms with E-state index in [1.165, 1.54) is 0 Å². The number of hydrogen-bond acceptors (Lipinski definition) is 6. The number of ether oxygens (including phenoxy) is 2. The third-order valence-electron chi connectivity index (χ3n) is 5.20. The fraction of sp³-hybridized carbons (Fsp3) is 0.737. The molecule has 1 unspecified atom stereocenters. The van der Waals surface area contributed by atoms with Crippen molar-refractivity contribution in [2.75, 3.05) is 37.8 Å². The molecule has 0 radical (unpaired) electrons. The van der Waals surface area contributed by atoms with Crippen molar-refractivity contribution in [1.82, 2.24) is 4.98 Å². The van der Waals surface area contributed by atoms with E-state index in [-0.39, 0.29) is 5.03 Å². The molecular weight excluding hydrogens is 352 g/mol. The standard InChI is InChI=1S/C19H30N2O4S/c1-19(2,3)26(22,23)18-5-4-16(12-20-18)21-9-6-17(7-10-21)25-14-15-8-11-24-13-15/h4-5,12,15,17H,6-11,13-14H2,1-3H3. The van der Waals surface area contributed by atoms with Crippen molar-refractivity contribution in [2.24, 2.45) is 5.92 Å². The van der Waals surface area contributed by atoms with Gasteiger partial charge in [-0.2, -0.15) is 0 Å². The van der Waals surface area contributed by atoms with Crippen LogP contribution < -0.4 is 4.90 Å². The van der Waals surface area contributed by atoms with E-state index in [1.807, 2.05) is 6.07 Å². The molecule has 0 aliphatic carbocycles. The Bertz CT molecular complexity index is 683. The molecule has 2 saturated heterocycles. The summed E-state index contributed by atoms with van der Waals surface area (Å²) in [7, 11) is -3.41. The normalized spacial score (nSPS) is 22.7. The van der Waals surface area contributed by atoms with E-state index >= 15 is 0 Å². The third kappa shape index (κ3) is 4.38. The van der Waals surface area contributed by atoms with E-state index in [0.717, 1.165) is 57.9 Å². The van der Waals surface area contributed by atoms with Crippen molar-refractivity contribution in [3.63, 3.8) is 0 Å². The molecule has 0 amide bonds. The van der Waals surface area contributed by atoms with Crippen molar-refractivity contribution < 1.29 is 17.9 Å². The van der Waals surface area contributed by atoms with E-state index in [0.29, 0.717) is 12.0 Å². The summed E-state index contributed by atoms with van der Waals surface area (Å²) in [6, 6.07) is 3.49. The summed E-state index contributed by atoms with van der Waals surface area (Å²) in [6.07, 6.45) is 5.05. The van der Waals surface area contributed by atoms with E-state index in [1.54, 1.807) is 33.0 Å². The monoisotopic (exact) mass is 382 g/mol. The molecule has 6 nitrogen and oxygen atoms in total. The fourth-order valence-corrected chi connectivity index (χ4v) is 4.37. The molecule has 0 saturated carbocycles. The number of piperidine rings is 1. The van der Waals surface area contributed by atoms with Gasteiger partial charge in [0.1, 0.15) is 0 Å². The van der Waals surface area contributed by atoms with Crippen LogP contribution in [0, 0.1) is 5.92 Å². The first kappa shape index (κ1) is 19.6. The Morgan fingerprint density at radius 2 is 1.96 bits per heavy atom. The van der Waals surface area contributed by atoms with Gasteiger partial charge in [0.05, 0.1) is 35.9 Å². The van der Waals surface area contributed by atoms with Crippen LogP contribution >= 0.6 is 0 Å². The molecule has 0 aromatic carbocycles. The molecule has 1 aromatic heterocycles. The van der Waals surface area contributed by atoms with Gasteiger partial charge in [-0.3, -0.25) is 0 Å². The molecule has 2 aliphatic rings. The highest BCUT2D eigenvalue weighted by Gasteiger charge is 2.32. The predicted octanol–water partition coefficient (Wildman–Crippen LogP) is 2.68. The molecule has 3 rings (SSSR count). The second-order valence-corrected chi connectivity index (χ2v) is 10.9. The quantitative estimate of drug-likeness (QED) is 0.780. The zero-order valence-electron chi connectivity index (χ0n) is 16.0. The van der Waals surface area contributed by atoms with E-state index < -0.39 is 14.6 Å². The smallest absolute Gasteiger partial charge is 0.200 e. The van der Waals surface area contributed by atoms with E-state index in [9.17, 15) is 8.42 Å². The number of nitrogens with zero attached hydrogens (tertiary/aromatic N) is 2. The summed E-state index contributed by atoms with van der Waals surface area (Å²) in [5.74, 6) is 0.550. The topological polar surface area (TPSA) is 68.7 Å². The van der Waals surface area contributed by atoms with Crippen LogP contribution in [0.25, 0.3) is 0 Å². The average Bonchev–Trinajstić information content (AvgIpc) is 3.13. The predicted molar refractivity (Wildman–Crippen MR) is 101 cm³/mol. The second kappa shape index (κ2) is 7.82. The number of aromatic nitrogens is 1. The minimum atomic E-state index is -3.41. The van der Waals surface area contributed by atoms with Gasteiger partial charge in [0.2, 0.25) is 0 Å². The van der Waals surface area contributed by atoms with Crippen LogP contribution in [0.5, 0.6) is 0 Å². The Morgan fingerprint density at radius 1 is 1.23 bits per heavy atom. The lowest BCUT2D eigenvalue weighted by Gasteiger charge is -2.33. The molecule has 3 heterocycles. The summed E-state index contributed by atoms with van der Waals surface area (Å²) in [6.45, 7) is 9.37. The summed E-state index contributed by atoms with van der Waals surface area (Å²) in [5, 5.41) is 0.144. The number of rotatable bonds is 5. The van der Waals surface area contributed by atoms with Crippen molar-refractivity contribution >= 4 is 15.5 Å². The van der Waals surface area contributed by atoms with Gasteiger partial charge in [0, 0.05) is 25.6 Å². The average molecular weight is 383 g/mol. The van der Waals surface area contributed by atoms with Crippen LogP contribution in [0.15, 0.2) is 23.4 Å². The third-order valence-corrected chi connectivity index (χ3v) is 7.61. The van der Waals surface area contributed by atoms with Gasteiger partial charge in [-0.15, -0.1) is 0 Å². The lowest BCUT2D eigenvalue weighted by molar-refractivity contribution is 0.0131. The Morgan fingerprint density at radius 3 is 2.50 bits per heavy atom. The van der Waals surface area contributed by atoms with Gasteiger partial charge in [-0.05, 0) is 52.2 Å². The maximum Gasteiger partial charge on any atom is 0.200 e. The highest BCUT2D eigenvalue weighted by atomic mass is 32.2. The summed E-state index contributed by atoms with van der Waals surface area (Å²) in [4.78, 5) is 6.47. The van der Waals surface area contributed by atoms with Crippen LogP contribution in [0.1, 0.15) is 40.0 Å². The largest absolute Gasteiger partial charge is 0.381 e. The molecule has 2 aliphatic heterocycles. The molecule has 0 spiro atoms. The van der Waals surface area contributed by atoms with Gasteiger partial charge >= 0.3 is 0 Å². The summed E-state index contributed by atoms with van der Waals surface area (Å²) < 4.78 is 35.5. The first-order chi connectivity index (χ1) is 12.3. The molecule has 26 heavy (non-hydrogen) atoms. The highest BCUT2D eigenvalue weighted by molar-refractivity contribution is 7.92. The van der Waals surface area contributed by atoms with E-state index in [2.05, 4.69) is 9.88 Å². The van der Waals surface area contributed by atoms with Crippen LogP contribution in [0.4, 0.5) is 5.69 Å². The Hall–Kier alpha value is -1.18. The van der Waals surface area contributed by atoms with Gasteiger partial charge in [-0.25, -0.2) is 13.4 Å². The zero-order chi connectivity index (χ0) is 18.8. The molecule has 7 heteroatoms. The summed E-state index contributed by atoms with van der Waals surface area (Å²) in [5.41, 5.74) is 0.973.